The minimum Gasteiger partial charge on any atom is -0.238 e. The summed E-state index contributed by atoms with van der Waals surface area (Å²) in [7, 11) is 0. The number of fused-ring (bicyclic) bond motifs is 1. The Kier molecular flexibility index (Phi) is 2.58. The van der Waals surface area contributed by atoms with E-state index in [4.69, 9.17) is 6.57 Å². The van der Waals surface area contributed by atoms with Gasteiger partial charge in [-0.3, -0.25) is 0 Å². The first-order valence-corrected chi connectivity index (χ1v) is 6.16. The van der Waals surface area contributed by atoms with Crippen molar-refractivity contribution in [3.63, 3.8) is 0 Å². The van der Waals surface area contributed by atoms with Crippen molar-refractivity contribution in [2.45, 2.75) is 0 Å². The van der Waals surface area contributed by atoms with Gasteiger partial charge in [-0.1, -0.05) is 12.1 Å². The molecule has 0 saturated heterocycles. The highest BCUT2D eigenvalue weighted by molar-refractivity contribution is 14.1. The average Bonchev–Trinajstić information content (AvgIpc) is 2.42. The van der Waals surface area contributed by atoms with E-state index in [-0.39, 0.29) is 0 Å². The molecule has 0 unspecified atom stereocenters. The molecular weight excluding hydrogens is 361 g/mol. The second-order valence-electron chi connectivity index (χ2n) is 2.48. The standard InChI is InChI=1S/C9H3BrINS/c1-12-5-2-3-6-7(4-5)13-9(11)8(6)10/h2-4H. The quantitative estimate of drug-likeness (QED) is 0.467. The summed E-state index contributed by atoms with van der Waals surface area (Å²) in [4.78, 5) is 3.40. The average molecular weight is 364 g/mol. The van der Waals surface area contributed by atoms with Gasteiger partial charge in [-0.25, -0.2) is 4.85 Å². The number of rotatable bonds is 0. The fourth-order valence-corrected chi connectivity index (χ4v) is 3.67. The Morgan fingerprint density at radius 1 is 1.46 bits per heavy atom. The summed E-state index contributed by atoms with van der Waals surface area (Å²) in [5.41, 5.74) is 0.706. The Balaban J connectivity index is 2.82. The van der Waals surface area contributed by atoms with Gasteiger partial charge < -0.3 is 0 Å². The van der Waals surface area contributed by atoms with Gasteiger partial charge in [-0.05, 0) is 44.6 Å². The maximum atomic E-state index is 6.90. The Hall–Kier alpha value is -0.120. The summed E-state index contributed by atoms with van der Waals surface area (Å²) in [6.07, 6.45) is 0. The summed E-state index contributed by atoms with van der Waals surface area (Å²) in [6.45, 7) is 6.90. The van der Waals surface area contributed by atoms with Crippen LogP contribution in [0.3, 0.4) is 0 Å². The van der Waals surface area contributed by atoms with Crippen molar-refractivity contribution >= 4 is 65.6 Å². The van der Waals surface area contributed by atoms with Gasteiger partial charge in [0.1, 0.15) is 0 Å². The first kappa shape index (κ1) is 9.44. The Morgan fingerprint density at radius 2 is 2.23 bits per heavy atom. The molecule has 4 heteroatoms. The summed E-state index contributed by atoms with van der Waals surface area (Å²) in [5.74, 6) is 0. The zero-order chi connectivity index (χ0) is 9.42. The highest BCUT2D eigenvalue weighted by atomic mass is 127. The molecule has 1 aromatic carbocycles. The Bertz CT molecular complexity index is 512. The zero-order valence-electron chi connectivity index (χ0n) is 6.34. The van der Waals surface area contributed by atoms with E-state index in [0.29, 0.717) is 5.69 Å². The molecule has 0 aliphatic heterocycles. The number of benzene rings is 1. The summed E-state index contributed by atoms with van der Waals surface area (Å²) in [5, 5.41) is 1.20. The summed E-state index contributed by atoms with van der Waals surface area (Å²) in [6, 6.07) is 5.77. The van der Waals surface area contributed by atoms with Crippen LogP contribution in [0, 0.1) is 9.46 Å². The maximum absolute atomic E-state index is 6.90. The van der Waals surface area contributed by atoms with E-state index in [1.165, 1.54) is 13.0 Å². The zero-order valence-corrected chi connectivity index (χ0v) is 10.9. The third kappa shape index (κ3) is 1.60. The molecule has 0 fully saturated rings. The van der Waals surface area contributed by atoms with Gasteiger partial charge in [-0.15, -0.1) is 11.3 Å². The van der Waals surface area contributed by atoms with Crippen LogP contribution in [0.15, 0.2) is 22.7 Å². The van der Waals surface area contributed by atoms with Crippen molar-refractivity contribution in [1.82, 2.24) is 0 Å². The first-order valence-electron chi connectivity index (χ1n) is 3.47. The number of halogens is 2. The lowest BCUT2D eigenvalue weighted by Gasteiger charge is -1.90. The number of nitrogens with zero attached hydrogens (tertiary/aromatic N) is 1. The molecule has 0 N–H and O–H groups in total. The van der Waals surface area contributed by atoms with Crippen LogP contribution >= 0.6 is 49.9 Å². The molecule has 0 aliphatic carbocycles. The number of thiophene rings is 1. The number of hydrogen-bond acceptors (Lipinski definition) is 1. The predicted octanol–water partition coefficient (Wildman–Crippen LogP) is 4.82. The first-order chi connectivity index (χ1) is 6.22. The van der Waals surface area contributed by atoms with Gasteiger partial charge in [-0.2, -0.15) is 0 Å². The minimum absolute atomic E-state index is 0.706. The Morgan fingerprint density at radius 3 is 2.92 bits per heavy atom. The van der Waals surface area contributed by atoms with Gasteiger partial charge >= 0.3 is 0 Å². The smallest absolute Gasteiger partial charge is 0.188 e. The second-order valence-corrected chi connectivity index (χ2v) is 6.14. The van der Waals surface area contributed by atoms with Crippen molar-refractivity contribution in [2.24, 2.45) is 0 Å². The van der Waals surface area contributed by atoms with Crippen LogP contribution in [-0.4, -0.2) is 0 Å². The molecular formula is C9H3BrINS. The van der Waals surface area contributed by atoms with Crippen LogP contribution in [0.1, 0.15) is 0 Å². The van der Waals surface area contributed by atoms with E-state index < -0.39 is 0 Å². The molecule has 0 bridgehead atoms. The molecule has 0 amide bonds. The lowest BCUT2D eigenvalue weighted by molar-refractivity contribution is 1.81. The second kappa shape index (κ2) is 3.56. The van der Waals surface area contributed by atoms with Crippen molar-refractivity contribution in [1.29, 1.82) is 0 Å². The molecule has 0 saturated carbocycles. The van der Waals surface area contributed by atoms with Gasteiger partial charge in [0.15, 0.2) is 5.69 Å². The maximum Gasteiger partial charge on any atom is 0.188 e. The Labute approximate surface area is 102 Å². The van der Waals surface area contributed by atoms with E-state index in [0.717, 1.165) is 4.47 Å². The van der Waals surface area contributed by atoms with E-state index in [2.05, 4.69) is 43.4 Å². The molecule has 1 heterocycles. The summed E-state index contributed by atoms with van der Waals surface area (Å²) >= 11 is 7.52. The highest BCUT2D eigenvalue weighted by Crippen LogP contribution is 2.37. The van der Waals surface area contributed by atoms with Gasteiger partial charge in [0.2, 0.25) is 0 Å². The molecule has 0 atom stereocenters. The van der Waals surface area contributed by atoms with Crippen LogP contribution in [0.25, 0.3) is 14.9 Å². The molecule has 13 heavy (non-hydrogen) atoms. The van der Waals surface area contributed by atoms with Crippen LogP contribution < -0.4 is 0 Å². The normalized spacial score (nSPS) is 10.2. The predicted molar refractivity (Wildman–Crippen MR) is 68.5 cm³/mol. The van der Waals surface area contributed by atoms with Crippen LogP contribution in [0.4, 0.5) is 5.69 Å². The van der Waals surface area contributed by atoms with Crippen LogP contribution in [0.5, 0.6) is 0 Å². The van der Waals surface area contributed by atoms with Gasteiger partial charge in [0.05, 0.1) is 9.46 Å². The van der Waals surface area contributed by atoms with Gasteiger partial charge in [0.25, 0.3) is 0 Å². The van der Waals surface area contributed by atoms with Crippen LogP contribution in [0.2, 0.25) is 0 Å². The highest BCUT2D eigenvalue weighted by Gasteiger charge is 2.07. The summed E-state index contributed by atoms with van der Waals surface area (Å²) < 4.78 is 3.55. The van der Waals surface area contributed by atoms with E-state index in [1.807, 2.05) is 18.2 Å². The fraction of sp³-hybridized carbons (Fsp3) is 0. The largest absolute Gasteiger partial charge is 0.238 e. The molecule has 0 radical (unpaired) electrons. The van der Waals surface area contributed by atoms with E-state index >= 15 is 0 Å². The van der Waals surface area contributed by atoms with E-state index in [9.17, 15) is 0 Å². The van der Waals surface area contributed by atoms with Crippen molar-refractivity contribution in [3.05, 3.63) is 37.0 Å². The molecule has 0 aliphatic rings. The fourth-order valence-electron chi connectivity index (χ4n) is 1.09. The monoisotopic (exact) mass is 363 g/mol. The van der Waals surface area contributed by atoms with Crippen LogP contribution in [-0.2, 0) is 0 Å². The molecule has 0 spiro atoms. The number of hydrogen-bond donors (Lipinski definition) is 0. The lowest BCUT2D eigenvalue weighted by Crippen LogP contribution is -1.63. The third-order valence-corrected chi connectivity index (χ3v) is 5.67. The topological polar surface area (TPSA) is 4.36 Å². The molecule has 2 aromatic rings. The van der Waals surface area contributed by atoms with E-state index in [1.54, 1.807) is 11.3 Å². The molecule has 2 rings (SSSR count). The SMILES string of the molecule is [C-]#[N+]c1ccc2c(Br)c(I)sc2c1. The lowest BCUT2D eigenvalue weighted by atomic mass is 10.2. The van der Waals surface area contributed by atoms with Gasteiger partial charge in [0, 0.05) is 14.6 Å². The molecule has 1 aromatic heterocycles. The van der Waals surface area contributed by atoms with Crippen molar-refractivity contribution in [2.75, 3.05) is 0 Å². The molecule has 1 nitrogen and oxygen atoms in total. The van der Waals surface area contributed by atoms with Crippen molar-refractivity contribution < 1.29 is 0 Å². The van der Waals surface area contributed by atoms with Crippen molar-refractivity contribution in [3.8, 4) is 0 Å². The minimum atomic E-state index is 0.706. The molecule has 64 valence electrons. The third-order valence-electron chi connectivity index (χ3n) is 1.70.